The van der Waals surface area contributed by atoms with Gasteiger partial charge in [0.1, 0.15) is 5.82 Å². The van der Waals surface area contributed by atoms with Crippen molar-refractivity contribution >= 4 is 5.91 Å². The maximum Gasteiger partial charge on any atom is 0.257 e. The van der Waals surface area contributed by atoms with Gasteiger partial charge in [0.25, 0.3) is 5.91 Å². The van der Waals surface area contributed by atoms with Gasteiger partial charge in [-0.15, -0.1) is 0 Å². The van der Waals surface area contributed by atoms with E-state index in [1.54, 1.807) is 0 Å². The minimum absolute atomic E-state index is 0.00478. The van der Waals surface area contributed by atoms with E-state index in [0.717, 1.165) is 19.0 Å². The number of carbonyl (C=O) groups excluding carboxylic acids is 1. The molecule has 1 saturated carbocycles. The topological polar surface area (TPSA) is 53.4 Å². The first-order valence-corrected chi connectivity index (χ1v) is 7.40. The molecule has 120 valence electrons. The molecule has 2 aromatic rings. The molecule has 3 rings (SSSR count). The van der Waals surface area contributed by atoms with E-state index in [1.165, 1.54) is 41.4 Å². The van der Waals surface area contributed by atoms with Crippen LogP contribution < -0.4 is 0 Å². The molecule has 0 aliphatic heterocycles. The minimum atomic E-state index is -0.954. The van der Waals surface area contributed by atoms with Crippen LogP contribution in [0.1, 0.15) is 34.9 Å². The average Bonchev–Trinajstić information content (AvgIpc) is 3.37. The third kappa shape index (κ3) is 3.53. The van der Waals surface area contributed by atoms with E-state index in [9.17, 15) is 18.7 Å². The molecule has 23 heavy (non-hydrogen) atoms. The Morgan fingerprint density at radius 3 is 2.57 bits per heavy atom. The molecular formula is C17H16F2N2O2. The van der Waals surface area contributed by atoms with Crippen LogP contribution in [0.5, 0.6) is 0 Å². The van der Waals surface area contributed by atoms with Crippen molar-refractivity contribution in [2.75, 3.05) is 6.54 Å². The van der Waals surface area contributed by atoms with Gasteiger partial charge in [0, 0.05) is 12.2 Å². The van der Waals surface area contributed by atoms with Gasteiger partial charge in [0.2, 0.25) is 0 Å². The molecule has 4 nitrogen and oxygen atoms in total. The van der Waals surface area contributed by atoms with E-state index >= 15 is 0 Å². The molecule has 0 bridgehead atoms. The zero-order valence-corrected chi connectivity index (χ0v) is 12.3. The zero-order valence-electron chi connectivity index (χ0n) is 12.3. The quantitative estimate of drug-likeness (QED) is 0.922. The molecule has 1 aromatic carbocycles. The second kappa shape index (κ2) is 6.42. The number of carbonyl (C=O) groups is 1. The van der Waals surface area contributed by atoms with Gasteiger partial charge in [0.05, 0.1) is 24.4 Å². The summed E-state index contributed by atoms with van der Waals surface area (Å²) >= 11 is 0. The van der Waals surface area contributed by atoms with Crippen LogP contribution in [0.25, 0.3) is 0 Å². The highest BCUT2D eigenvalue weighted by Crippen LogP contribution is 2.30. The maximum absolute atomic E-state index is 13.8. The molecule has 1 heterocycles. The summed E-state index contributed by atoms with van der Waals surface area (Å²) in [6, 6.07) is 6.79. The van der Waals surface area contributed by atoms with Crippen LogP contribution in [-0.2, 0) is 0 Å². The molecule has 0 spiro atoms. The third-order valence-corrected chi connectivity index (χ3v) is 3.88. The summed E-state index contributed by atoms with van der Waals surface area (Å²) in [7, 11) is 0. The highest BCUT2D eigenvalue weighted by Gasteiger charge is 2.35. The Morgan fingerprint density at radius 2 is 1.96 bits per heavy atom. The van der Waals surface area contributed by atoms with E-state index in [4.69, 9.17) is 0 Å². The van der Waals surface area contributed by atoms with Crippen molar-refractivity contribution in [2.45, 2.75) is 25.0 Å². The number of benzene rings is 1. The average molecular weight is 318 g/mol. The molecule has 1 aliphatic rings. The normalized spacial score (nSPS) is 15.3. The Kier molecular flexibility index (Phi) is 4.34. The number of rotatable bonds is 5. The first-order chi connectivity index (χ1) is 11.1. The summed E-state index contributed by atoms with van der Waals surface area (Å²) in [5, 5.41) is 10.3. The predicted octanol–water partition coefficient (Wildman–Crippen LogP) is 2.70. The lowest BCUT2D eigenvalue weighted by atomic mass is 10.1. The highest BCUT2D eigenvalue weighted by molar-refractivity contribution is 5.94. The molecular weight excluding hydrogens is 302 g/mol. The molecule has 1 aliphatic carbocycles. The lowest BCUT2D eigenvalue weighted by Crippen LogP contribution is -2.37. The SMILES string of the molecule is O=C(c1ccncc1F)N(C[C@H](O)c1ccc(F)cc1)C1CC1. The molecule has 1 atom stereocenters. The lowest BCUT2D eigenvalue weighted by Gasteiger charge is -2.25. The molecule has 0 saturated heterocycles. The number of nitrogens with zero attached hydrogens (tertiary/aromatic N) is 2. The molecule has 1 amide bonds. The van der Waals surface area contributed by atoms with E-state index in [0.29, 0.717) is 5.56 Å². The van der Waals surface area contributed by atoms with Crippen molar-refractivity contribution in [2.24, 2.45) is 0 Å². The fraction of sp³-hybridized carbons (Fsp3) is 0.294. The van der Waals surface area contributed by atoms with Crippen LogP contribution >= 0.6 is 0 Å². The Bertz CT molecular complexity index is 702. The molecule has 1 aromatic heterocycles. The molecule has 1 fully saturated rings. The van der Waals surface area contributed by atoms with Crippen LogP contribution in [0.4, 0.5) is 8.78 Å². The van der Waals surface area contributed by atoms with Crippen molar-refractivity contribution in [3.63, 3.8) is 0 Å². The number of hydrogen-bond acceptors (Lipinski definition) is 3. The van der Waals surface area contributed by atoms with E-state index in [1.807, 2.05) is 0 Å². The Labute approximate surface area is 132 Å². The number of aliphatic hydroxyl groups excluding tert-OH is 1. The van der Waals surface area contributed by atoms with Gasteiger partial charge in [-0.2, -0.15) is 0 Å². The van der Waals surface area contributed by atoms with Gasteiger partial charge in [0.15, 0.2) is 5.82 Å². The molecule has 1 N–H and O–H groups in total. The smallest absolute Gasteiger partial charge is 0.257 e. The van der Waals surface area contributed by atoms with Crippen LogP contribution in [0.15, 0.2) is 42.7 Å². The zero-order chi connectivity index (χ0) is 16.4. The van der Waals surface area contributed by atoms with Crippen molar-refractivity contribution in [3.05, 3.63) is 65.5 Å². The minimum Gasteiger partial charge on any atom is -0.387 e. The Morgan fingerprint density at radius 1 is 1.26 bits per heavy atom. The van der Waals surface area contributed by atoms with Crippen LogP contribution in [0.2, 0.25) is 0 Å². The Hall–Kier alpha value is -2.34. The number of aromatic nitrogens is 1. The summed E-state index contributed by atoms with van der Waals surface area (Å²) in [4.78, 5) is 17.7. The summed E-state index contributed by atoms with van der Waals surface area (Å²) < 4.78 is 26.7. The summed E-state index contributed by atoms with van der Waals surface area (Å²) in [5.41, 5.74) is 0.457. The summed E-state index contributed by atoms with van der Waals surface area (Å²) in [5.74, 6) is -1.54. The third-order valence-electron chi connectivity index (χ3n) is 3.88. The lowest BCUT2D eigenvalue weighted by molar-refractivity contribution is 0.0598. The molecule has 6 heteroatoms. The van der Waals surface area contributed by atoms with Gasteiger partial charge in [-0.3, -0.25) is 9.78 Å². The maximum atomic E-state index is 13.8. The second-order valence-electron chi connectivity index (χ2n) is 5.61. The van der Waals surface area contributed by atoms with Gasteiger partial charge in [-0.25, -0.2) is 8.78 Å². The Balaban J connectivity index is 1.78. The number of hydrogen-bond donors (Lipinski definition) is 1. The van der Waals surface area contributed by atoms with E-state index in [-0.39, 0.29) is 18.2 Å². The predicted molar refractivity (Wildman–Crippen MR) is 79.6 cm³/mol. The first kappa shape index (κ1) is 15.6. The van der Waals surface area contributed by atoms with Gasteiger partial charge in [-0.1, -0.05) is 12.1 Å². The monoisotopic (exact) mass is 318 g/mol. The van der Waals surface area contributed by atoms with E-state index in [2.05, 4.69) is 4.98 Å². The van der Waals surface area contributed by atoms with Gasteiger partial charge < -0.3 is 10.0 Å². The highest BCUT2D eigenvalue weighted by atomic mass is 19.1. The number of pyridine rings is 1. The van der Waals surface area contributed by atoms with Crippen LogP contribution in [-0.4, -0.2) is 33.5 Å². The number of halogens is 2. The van der Waals surface area contributed by atoms with E-state index < -0.39 is 23.6 Å². The summed E-state index contributed by atoms with van der Waals surface area (Å²) in [6.45, 7) is 0.0386. The number of amides is 1. The fourth-order valence-corrected chi connectivity index (χ4v) is 2.46. The largest absolute Gasteiger partial charge is 0.387 e. The van der Waals surface area contributed by atoms with Crippen molar-refractivity contribution in [1.82, 2.24) is 9.88 Å². The van der Waals surface area contributed by atoms with Crippen molar-refractivity contribution in [3.8, 4) is 0 Å². The van der Waals surface area contributed by atoms with Crippen molar-refractivity contribution in [1.29, 1.82) is 0 Å². The van der Waals surface area contributed by atoms with Gasteiger partial charge in [-0.05, 0) is 36.6 Å². The second-order valence-corrected chi connectivity index (χ2v) is 5.61. The van der Waals surface area contributed by atoms with Crippen molar-refractivity contribution < 1.29 is 18.7 Å². The standard InChI is InChI=1S/C17H16F2N2O2/c18-12-3-1-11(2-4-12)16(22)10-21(13-5-6-13)17(23)14-7-8-20-9-15(14)19/h1-4,7-9,13,16,22H,5-6,10H2/t16-/m0/s1. The van der Waals surface area contributed by atoms with Gasteiger partial charge >= 0.3 is 0 Å². The fourth-order valence-electron chi connectivity index (χ4n) is 2.46. The first-order valence-electron chi connectivity index (χ1n) is 7.40. The number of aliphatic hydroxyl groups is 1. The molecule has 0 unspecified atom stereocenters. The molecule has 0 radical (unpaired) electrons. The van der Waals surface area contributed by atoms with Crippen LogP contribution in [0.3, 0.4) is 0 Å². The van der Waals surface area contributed by atoms with Crippen LogP contribution in [0, 0.1) is 11.6 Å². The summed E-state index contributed by atoms with van der Waals surface area (Å²) in [6.07, 6.45) is 3.06.